The van der Waals surface area contributed by atoms with Crippen molar-refractivity contribution in [2.75, 3.05) is 23.4 Å². The molecule has 142 valence electrons. The Morgan fingerprint density at radius 2 is 1.79 bits per heavy atom. The quantitative estimate of drug-likeness (QED) is 0.368. The third kappa shape index (κ3) is 2.50. The van der Waals surface area contributed by atoms with Gasteiger partial charge in [-0.05, 0) is 41.7 Å². The van der Waals surface area contributed by atoms with Crippen LogP contribution >= 0.6 is 0 Å². The number of aryl methyl sites for hydroxylation is 1. The molecule has 1 aromatic heterocycles. The molecular weight excluding hydrogens is 344 g/mol. The van der Waals surface area contributed by atoms with Crippen molar-refractivity contribution in [3.05, 3.63) is 65.7 Å². The van der Waals surface area contributed by atoms with E-state index in [-0.39, 0.29) is 12.1 Å². The van der Waals surface area contributed by atoms with Crippen LogP contribution in [0.1, 0.15) is 36.0 Å². The van der Waals surface area contributed by atoms with Crippen molar-refractivity contribution >= 4 is 39.0 Å². The fourth-order valence-corrected chi connectivity index (χ4v) is 4.05. The van der Waals surface area contributed by atoms with Crippen LogP contribution in [0.4, 0.5) is 17.1 Å². The summed E-state index contributed by atoms with van der Waals surface area (Å²) in [5, 5.41) is 2.05. The van der Waals surface area contributed by atoms with Gasteiger partial charge in [0.15, 0.2) is 0 Å². The Balaban J connectivity index is 1.75. The Hall–Kier alpha value is -2.94. The summed E-state index contributed by atoms with van der Waals surface area (Å²) in [5.74, 6) is 0. The fraction of sp³-hybridized carbons (Fsp3) is 0.280. The summed E-state index contributed by atoms with van der Waals surface area (Å²) >= 11 is 0. The average Bonchev–Trinajstić information content (AvgIpc) is 3.25. The molecule has 0 atom stereocenters. The maximum absolute atomic E-state index is 8.11. The molecule has 3 aromatic carbocycles. The van der Waals surface area contributed by atoms with E-state index in [1.54, 1.807) is 0 Å². The highest BCUT2D eigenvalue weighted by Crippen LogP contribution is 2.45. The summed E-state index contributed by atoms with van der Waals surface area (Å²) in [6.45, 7) is 6.59. The molecule has 3 heteroatoms. The number of hydrogen-bond acceptors (Lipinski definition) is 3. The van der Waals surface area contributed by atoms with Crippen molar-refractivity contribution in [1.82, 2.24) is 0 Å². The van der Waals surface area contributed by atoms with E-state index in [1.807, 2.05) is 37.3 Å². The predicted molar refractivity (Wildman–Crippen MR) is 119 cm³/mol. The average molecular weight is 374 g/mol. The lowest BCUT2D eigenvalue weighted by molar-refractivity contribution is 0.590. The van der Waals surface area contributed by atoms with Gasteiger partial charge in [0.25, 0.3) is 0 Å². The third-order valence-electron chi connectivity index (χ3n) is 5.68. The largest absolute Gasteiger partial charge is 0.456 e. The summed E-state index contributed by atoms with van der Waals surface area (Å²) < 4.78 is 30.5. The second-order valence-electron chi connectivity index (χ2n) is 8.69. The predicted octanol–water partition coefficient (Wildman–Crippen LogP) is 6.74. The van der Waals surface area contributed by atoms with Gasteiger partial charge in [0.1, 0.15) is 11.2 Å². The highest BCUT2D eigenvalue weighted by Gasteiger charge is 2.27. The van der Waals surface area contributed by atoms with E-state index < -0.39 is 6.98 Å². The smallest absolute Gasteiger partial charge is 0.138 e. The minimum absolute atomic E-state index is 0.00448. The molecule has 1 aliphatic rings. The zero-order chi connectivity index (χ0) is 22.1. The van der Waals surface area contributed by atoms with E-state index in [4.69, 9.17) is 8.53 Å². The van der Waals surface area contributed by atoms with Crippen molar-refractivity contribution in [2.24, 2.45) is 0 Å². The van der Waals surface area contributed by atoms with Gasteiger partial charge < -0.3 is 14.2 Å². The Kier molecular flexibility index (Phi) is 2.91. The van der Waals surface area contributed by atoms with Gasteiger partial charge in [0.2, 0.25) is 0 Å². The lowest BCUT2D eigenvalue weighted by Gasteiger charge is -2.24. The molecule has 0 saturated carbocycles. The summed E-state index contributed by atoms with van der Waals surface area (Å²) in [6.07, 6.45) is 0. The van der Waals surface area contributed by atoms with E-state index in [0.29, 0.717) is 11.3 Å². The van der Waals surface area contributed by atoms with E-state index in [1.165, 1.54) is 10.5 Å². The second-order valence-corrected chi connectivity index (χ2v) is 8.69. The number of anilines is 3. The summed E-state index contributed by atoms with van der Waals surface area (Å²) in [6, 6.07) is 18.4. The Morgan fingerprint density at radius 1 is 0.964 bits per heavy atom. The van der Waals surface area contributed by atoms with Crippen molar-refractivity contribution in [1.29, 1.82) is 0 Å². The Morgan fingerprint density at radius 3 is 2.57 bits per heavy atom. The molecule has 2 heterocycles. The summed E-state index contributed by atoms with van der Waals surface area (Å²) in [5.41, 5.74) is 6.39. The molecule has 0 aliphatic carbocycles. The number of nitrogens with zero attached hydrogens (tertiary/aromatic N) is 2. The number of furan rings is 1. The molecule has 0 unspecified atom stereocenters. The van der Waals surface area contributed by atoms with E-state index in [2.05, 4.69) is 49.9 Å². The molecule has 0 bridgehead atoms. The third-order valence-corrected chi connectivity index (χ3v) is 5.68. The van der Waals surface area contributed by atoms with Crippen molar-refractivity contribution in [3.63, 3.8) is 0 Å². The monoisotopic (exact) mass is 373 g/mol. The first-order valence-corrected chi connectivity index (χ1v) is 9.66. The molecule has 3 nitrogen and oxygen atoms in total. The number of para-hydroxylation sites is 1. The molecule has 5 rings (SSSR count). The van der Waals surface area contributed by atoms with Crippen molar-refractivity contribution in [3.8, 4) is 0 Å². The highest BCUT2D eigenvalue weighted by molar-refractivity contribution is 6.09. The lowest BCUT2D eigenvalue weighted by Crippen LogP contribution is -2.24. The molecule has 4 aromatic rings. The van der Waals surface area contributed by atoms with Gasteiger partial charge in [-0.25, -0.2) is 0 Å². The standard InChI is InChI=1S/C25H26N2O/c1-16-8-6-11-19-20-13-22-21(14-23(20)28-24(16)19)26(5)15-27(22)18-10-7-9-17(12-18)25(2,3)4/h6-14H,15H2,1-5H3/i5D3. The molecule has 28 heavy (non-hydrogen) atoms. The van der Waals surface area contributed by atoms with Crippen LogP contribution in [0.5, 0.6) is 0 Å². The molecule has 0 saturated heterocycles. The first kappa shape index (κ1) is 14.1. The van der Waals surface area contributed by atoms with Gasteiger partial charge in [-0.1, -0.05) is 51.1 Å². The van der Waals surface area contributed by atoms with Crippen LogP contribution in [0.2, 0.25) is 0 Å². The van der Waals surface area contributed by atoms with Gasteiger partial charge in [0.05, 0.1) is 18.0 Å². The van der Waals surface area contributed by atoms with Gasteiger partial charge in [-0.3, -0.25) is 0 Å². The minimum atomic E-state index is -2.25. The molecule has 0 spiro atoms. The molecular formula is C25H26N2O. The van der Waals surface area contributed by atoms with Crippen LogP contribution in [0.25, 0.3) is 21.9 Å². The fourth-order valence-electron chi connectivity index (χ4n) is 4.05. The molecule has 1 aliphatic heterocycles. The maximum atomic E-state index is 8.11. The first-order chi connectivity index (χ1) is 14.5. The Bertz CT molecular complexity index is 1310. The van der Waals surface area contributed by atoms with Crippen LogP contribution < -0.4 is 9.80 Å². The number of rotatable bonds is 1. The zero-order valence-corrected chi connectivity index (χ0v) is 16.7. The van der Waals surface area contributed by atoms with Crippen LogP contribution in [0.3, 0.4) is 0 Å². The van der Waals surface area contributed by atoms with Gasteiger partial charge in [0, 0.05) is 33.6 Å². The summed E-state index contributed by atoms with van der Waals surface area (Å²) in [4.78, 5) is 3.57. The van der Waals surface area contributed by atoms with Gasteiger partial charge in [-0.15, -0.1) is 0 Å². The second kappa shape index (κ2) is 5.78. The topological polar surface area (TPSA) is 19.6 Å². The zero-order valence-electron chi connectivity index (χ0n) is 19.7. The van der Waals surface area contributed by atoms with Crippen molar-refractivity contribution in [2.45, 2.75) is 33.1 Å². The van der Waals surface area contributed by atoms with E-state index >= 15 is 0 Å². The normalized spacial score (nSPS) is 16.4. The van der Waals surface area contributed by atoms with E-state index in [9.17, 15) is 0 Å². The van der Waals surface area contributed by atoms with Gasteiger partial charge >= 0.3 is 0 Å². The summed E-state index contributed by atoms with van der Waals surface area (Å²) in [7, 11) is 0. The van der Waals surface area contributed by atoms with Gasteiger partial charge in [-0.2, -0.15) is 0 Å². The first-order valence-electron chi connectivity index (χ1n) is 11.2. The minimum Gasteiger partial charge on any atom is -0.456 e. The SMILES string of the molecule is [2H]C([2H])([2H])N1CN(c2cccc(C(C)(C)C)c2)c2cc3c(cc21)oc1c(C)cccc13. The van der Waals surface area contributed by atoms with Crippen LogP contribution in [0, 0.1) is 6.92 Å². The number of fused-ring (bicyclic) bond motifs is 4. The van der Waals surface area contributed by atoms with Crippen LogP contribution in [-0.2, 0) is 5.41 Å². The highest BCUT2D eigenvalue weighted by atomic mass is 16.3. The van der Waals surface area contributed by atoms with Crippen LogP contribution in [-0.4, -0.2) is 13.6 Å². The molecule has 0 amide bonds. The maximum Gasteiger partial charge on any atom is 0.138 e. The Labute approximate surface area is 170 Å². The number of benzene rings is 3. The van der Waals surface area contributed by atoms with Crippen molar-refractivity contribution < 1.29 is 8.53 Å². The molecule has 0 N–H and O–H groups in total. The molecule has 0 radical (unpaired) electrons. The van der Waals surface area contributed by atoms with E-state index in [0.717, 1.165) is 33.3 Å². The number of hydrogen-bond donors (Lipinski definition) is 0. The van der Waals surface area contributed by atoms with Crippen LogP contribution in [0.15, 0.2) is 59.0 Å². The molecule has 0 fully saturated rings. The lowest BCUT2D eigenvalue weighted by atomic mass is 9.87.